The molecular weight excluding hydrogens is 304 g/mol. The van der Waals surface area contributed by atoms with Gasteiger partial charge in [-0.15, -0.1) is 0 Å². The van der Waals surface area contributed by atoms with Crippen molar-refractivity contribution in [3.05, 3.63) is 58.6 Å². The van der Waals surface area contributed by atoms with Crippen molar-refractivity contribution in [2.75, 3.05) is 11.9 Å². The number of thiocarbonyl (C=S) groups is 1. The fourth-order valence-electron chi connectivity index (χ4n) is 2.42. The number of hydrogen-bond acceptors (Lipinski definition) is 3. The Balaban J connectivity index is 1.62. The van der Waals surface area contributed by atoms with Gasteiger partial charge in [0.2, 0.25) is 0 Å². The van der Waals surface area contributed by atoms with Crippen molar-refractivity contribution < 1.29 is 4.74 Å². The van der Waals surface area contributed by atoms with Crippen LogP contribution < -0.4 is 15.8 Å². The molecule has 1 heterocycles. The van der Waals surface area contributed by atoms with Gasteiger partial charge in [0.1, 0.15) is 16.8 Å². The van der Waals surface area contributed by atoms with Crippen molar-refractivity contribution in [3.63, 3.8) is 0 Å². The summed E-state index contributed by atoms with van der Waals surface area (Å²) in [5.74, 6) is 0.978. The standard InChI is InChI=1S/C16H15ClN2OS/c17-14-8-11(5-6-13(14)16(18)21)19-9-12-7-10-3-1-2-4-15(10)20-12/h1-6,8,12,19H,7,9H2,(H2,18,21). The van der Waals surface area contributed by atoms with Gasteiger partial charge in [0.25, 0.3) is 0 Å². The SMILES string of the molecule is NC(=S)c1ccc(NCC2Cc3ccccc3O2)cc1Cl. The van der Waals surface area contributed by atoms with Gasteiger partial charge in [-0.2, -0.15) is 0 Å². The zero-order chi connectivity index (χ0) is 14.8. The molecule has 0 fully saturated rings. The Bertz CT molecular complexity index is 665. The fourth-order valence-corrected chi connectivity index (χ4v) is 2.94. The minimum Gasteiger partial charge on any atom is -0.488 e. The molecule has 1 atom stereocenters. The fraction of sp³-hybridized carbons (Fsp3) is 0.188. The minimum absolute atomic E-state index is 0.136. The lowest BCUT2D eigenvalue weighted by Gasteiger charge is -2.13. The zero-order valence-corrected chi connectivity index (χ0v) is 12.9. The lowest BCUT2D eigenvalue weighted by molar-refractivity contribution is 0.246. The van der Waals surface area contributed by atoms with E-state index in [0.29, 0.717) is 15.6 Å². The first-order valence-electron chi connectivity index (χ1n) is 6.71. The molecule has 3 N–H and O–H groups in total. The highest BCUT2D eigenvalue weighted by Gasteiger charge is 2.21. The third-order valence-electron chi connectivity index (χ3n) is 3.48. The van der Waals surface area contributed by atoms with Crippen LogP contribution in [0.25, 0.3) is 0 Å². The number of nitrogens with one attached hydrogen (secondary N) is 1. The Hall–Kier alpha value is -1.78. The van der Waals surface area contributed by atoms with Gasteiger partial charge >= 0.3 is 0 Å². The van der Waals surface area contributed by atoms with Gasteiger partial charge in [0, 0.05) is 17.7 Å². The maximum Gasteiger partial charge on any atom is 0.123 e. The summed E-state index contributed by atoms with van der Waals surface area (Å²) in [6.07, 6.45) is 1.05. The summed E-state index contributed by atoms with van der Waals surface area (Å²) >= 11 is 11.1. The molecule has 0 saturated heterocycles. The van der Waals surface area contributed by atoms with E-state index in [1.807, 2.05) is 36.4 Å². The van der Waals surface area contributed by atoms with Crippen LogP contribution in [-0.2, 0) is 6.42 Å². The molecule has 0 bridgehead atoms. The van der Waals surface area contributed by atoms with Crippen molar-refractivity contribution >= 4 is 34.5 Å². The van der Waals surface area contributed by atoms with Crippen LogP contribution in [0.5, 0.6) is 5.75 Å². The number of fused-ring (bicyclic) bond motifs is 1. The van der Waals surface area contributed by atoms with Crippen molar-refractivity contribution in [1.29, 1.82) is 0 Å². The van der Waals surface area contributed by atoms with Crippen LogP contribution in [0, 0.1) is 0 Å². The van der Waals surface area contributed by atoms with E-state index in [4.69, 9.17) is 34.3 Å². The molecule has 1 aliphatic heterocycles. The summed E-state index contributed by atoms with van der Waals surface area (Å²) in [7, 11) is 0. The molecule has 108 valence electrons. The van der Waals surface area contributed by atoms with E-state index in [2.05, 4.69) is 11.4 Å². The molecule has 3 rings (SSSR count). The molecule has 0 spiro atoms. The highest BCUT2D eigenvalue weighted by atomic mass is 35.5. The third kappa shape index (κ3) is 3.12. The Morgan fingerprint density at radius 3 is 2.86 bits per heavy atom. The quantitative estimate of drug-likeness (QED) is 0.848. The van der Waals surface area contributed by atoms with Gasteiger partial charge in [0.15, 0.2) is 0 Å². The molecular formula is C16H15ClN2OS. The molecule has 0 saturated carbocycles. The van der Waals surface area contributed by atoms with Crippen molar-refractivity contribution in [1.82, 2.24) is 0 Å². The largest absolute Gasteiger partial charge is 0.488 e. The molecule has 2 aromatic rings. The smallest absolute Gasteiger partial charge is 0.123 e. The number of benzene rings is 2. The van der Waals surface area contributed by atoms with Gasteiger partial charge in [0.05, 0.1) is 11.6 Å². The first-order valence-corrected chi connectivity index (χ1v) is 7.50. The van der Waals surface area contributed by atoms with Crippen molar-refractivity contribution in [3.8, 4) is 5.75 Å². The third-order valence-corrected chi connectivity index (χ3v) is 4.01. The van der Waals surface area contributed by atoms with Crippen LogP contribution in [0.15, 0.2) is 42.5 Å². The molecule has 1 aliphatic rings. The normalized spacial score (nSPS) is 16.1. The van der Waals surface area contributed by atoms with Gasteiger partial charge in [-0.25, -0.2) is 0 Å². The summed E-state index contributed by atoms with van der Waals surface area (Å²) in [6, 6.07) is 13.7. The second kappa shape index (κ2) is 5.92. The second-order valence-corrected chi connectivity index (χ2v) is 5.84. The molecule has 0 amide bonds. The number of hydrogen-bond donors (Lipinski definition) is 2. The lowest BCUT2D eigenvalue weighted by Crippen LogP contribution is -2.24. The minimum atomic E-state index is 0.136. The zero-order valence-electron chi connectivity index (χ0n) is 11.3. The molecule has 0 radical (unpaired) electrons. The van der Waals surface area contributed by atoms with Crippen LogP contribution in [0.3, 0.4) is 0 Å². The van der Waals surface area contributed by atoms with E-state index in [0.717, 1.165) is 24.4 Å². The first kappa shape index (κ1) is 14.2. The van der Waals surface area contributed by atoms with E-state index >= 15 is 0 Å². The number of para-hydroxylation sites is 1. The number of rotatable bonds is 4. The van der Waals surface area contributed by atoms with Crippen LogP contribution >= 0.6 is 23.8 Å². The molecule has 0 aromatic heterocycles. The Morgan fingerprint density at radius 2 is 2.14 bits per heavy atom. The predicted octanol–water partition coefficient (Wildman–Crippen LogP) is 3.39. The van der Waals surface area contributed by atoms with E-state index in [1.165, 1.54) is 5.56 Å². The molecule has 0 aliphatic carbocycles. The van der Waals surface area contributed by atoms with E-state index < -0.39 is 0 Å². The van der Waals surface area contributed by atoms with E-state index in [1.54, 1.807) is 0 Å². The van der Waals surface area contributed by atoms with Gasteiger partial charge < -0.3 is 15.8 Å². The van der Waals surface area contributed by atoms with Crippen LogP contribution in [-0.4, -0.2) is 17.6 Å². The average Bonchev–Trinajstić information content (AvgIpc) is 2.87. The van der Waals surface area contributed by atoms with Gasteiger partial charge in [-0.05, 0) is 29.8 Å². The number of halogens is 1. The Kier molecular flexibility index (Phi) is 3.99. The molecule has 1 unspecified atom stereocenters. The van der Waals surface area contributed by atoms with Gasteiger partial charge in [-0.1, -0.05) is 42.0 Å². The molecule has 5 heteroatoms. The Morgan fingerprint density at radius 1 is 1.33 bits per heavy atom. The summed E-state index contributed by atoms with van der Waals surface area (Å²) in [5, 5.41) is 3.89. The topological polar surface area (TPSA) is 47.3 Å². The van der Waals surface area contributed by atoms with Crippen LogP contribution in [0.1, 0.15) is 11.1 Å². The summed E-state index contributed by atoms with van der Waals surface area (Å²) in [4.78, 5) is 0.307. The molecule has 3 nitrogen and oxygen atoms in total. The van der Waals surface area contributed by atoms with Crippen LogP contribution in [0.2, 0.25) is 5.02 Å². The first-order chi connectivity index (χ1) is 10.1. The van der Waals surface area contributed by atoms with Crippen molar-refractivity contribution in [2.24, 2.45) is 5.73 Å². The average molecular weight is 319 g/mol. The van der Waals surface area contributed by atoms with E-state index in [-0.39, 0.29) is 6.10 Å². The van der Waals surface area contributed by atoms with Crippen molar-refractivity contribution in [2.45, 2.75) is 12.5 Å². The number of anilines is 1. The van der Waals surface area contributed by atoms with E-state index in [9.17, 15) is 0 Å². The predicted molar refractivity (Wildman–Crippen MR) is 90.4 cm³/mol. The molecule has 21 heavy (non-hydrogen) atoms. The number of nitrogens with two attached hydrogens (primary N) is 1. The lowest BCUT2D eigenvalue weighted by atomic mass is 10.1. The highest BCUT2D eigenvalue weighted by molar-refractivity contribution is 7.80. The molecule has 2 aromatic carbocycles. The number of ether oxygens (including phenoxy) is 1. The second-order valence-electron chi connectivity index (χ2n) is 4.99. The monoisotopic (exact) mass is 318 g/mol. The highest BCUT2D eigenvalue weighted by Crippen LogP contribution is 2.28. The summed E-state index contributed by atoms with van der Waals surface area (Å²) < 4.78 is 5.88. The summed E-state index contributed by atoms with van der Waals surface area (Å²) in [5.41, 5.74) is 8.48. The summed E-state index contributed by atoms with van der Waals surface area (Å²) in [6.45, 7) is 0.720. The van der Waals surface area contributed by atoms with Crippen LogP contribution in [0.4, 0.5) is 5.69 Å². The Labute approximate surface area is 134 Å². The maximum absolute atomic E-state index is 6.15. The maximum atomic E-state index is 6.15. The van der Waals surface area contributed by atoms with Gasteiger partial charge in [-0.3, -0.25) is 0 Å².